The lowest BCUT2D eigenvalue weighted by Crippen LogP contribution is -2.30. The molecule has 0 aliphatic carbocycles. The maximum absolute atomic E-state index is 12.4. The van der Waals surface area contributed by atoms with Gasteiger partial charge in [0.25, 0.3) is 5.91 Å². The molecule has 0 aromatic heterocycles. The molecule has 2 aromatic rings. The van der Waals surface area contributed by atoms with E-state index in [1.807, 2.05) is 13.8 Å². The highest BCUT2D eigenvalue weighted by molar-refractivity contribution is 6.30. The summed E-state index contributed by atoms with van der Waals surface area (Å²) in [4.78, 5) is 24.6. The standard InChI is InChI=1S/C20H22ClNO5/c1-4-25-17-10-9-14(11-18(17)26-5-2)20(24)27-13(3)19(23)22-16-8-6-7-15(21)12-16/h6-13H,4-5H2,1-3H3,(H,22,23). The van der Waals surface area contributed by atoms with E-state index in [2.05, 4.69) is 5.32 Å². The minimum Gasteiger partial charge on any atom is -0.490 e. The van der Waals surface area contributed by atoms with E-state index in [1.165, 1.54) is 6.92 Å². The first-order valence-electron chi connectivity index (χ1n) is 8.61. The highest BCUT2D eigenvalue weighted by Crippen LogP contribution is 2.29. The van der Waals surface area contributed by atoms with E-state index in [9.17, 15) is 9.59 Å². The van der Waals surface area contributed by atoms with Crippen LogP contribution in [0.15, 0.2) is 42.5 Å². The minimum absolute atomic E-state index is 0.268. The molecule has 0 spiro atoms. The van der Waals surface area contributed by atoms with Crippen molar-refractivity contribution in [3.05, 3.63) is 53.1 Å². The lowest BCUT2D eigenvalue weighted by molar-refractivity contribution is -0.123. The van der Waals surface area contributed by atoms with Crippen molar-refractivity contribution >= 4 is 29.2 Å². The van der Waals surface area contributed by atoms with Crippen molar-refractivity contribution in [2.75, 3.05) is 18.5 Å². The molecule has 0 aliphatic heterocycles. The zero-order valence-corrected chi connectivity index (χ0v) is 16.2. The largest absolute Gasteiger partial charge is 0.490 e. The first-order chi connectivity index (χ1) is 12.9. The summed E-state index contributed by atoms with van der Waals surface area (Å²) in [6, 6.07) is 11.5. The van der Waals surface area contributed by atoms with Crippen LogP contribution in [0.3, 0.4) is 0 Å². The van der Waals surface area contributed by atoms with Gasteiger partial charge in [-0.1, -0.05) is 17.7 Å². The van der Waals surface area contributed by atoms with Crippen LogP contribution in [0.4, 0.5) is 5.69 Å². The van der Waals surface area contributed by atoms with Gasteiger partial charge in [0, 0.05) is 10.7 Å². The molecule has 27 heavy (non-hydrogen) atoms. The topological polar surface area (TPSA) is 73.9 Å². The molecule has 2 aromatic carbocycles. The Bertz CT molecular complexity index is 809. The predicted octanol–water partition coefficient (Wildman–Crippen LogP) is 4.32. The van der Waals surface area contributed by atoms with Gasteiger partial charge in [-0.25, -0.2) is 4.79 Å². The average Bonchev–Trinajstić information content (AvgIpc) is 2.63. The first kappa shape index (κ1) is 20.6. The molecule has 1 atom stereocenters. The highest BCUT2D eigenvalue weighted by atomic mass is 35.5. The number of rotatable bonds is 8. The normalized spacial score (nSPS) is 11.4. The summed E-state index contributed by atoms with van der Waals surface area (Å²) in [5, 5.41) is 3.15. The van der Waals surface area contributed by atoms with Crippen LogP contribution in [-0.2, 0) is 9.53 Å². The van der Waals surface area contributed by atoms with Gasteiger partial charge in [-0.2, -0.15) is 0 Å². The summed E-state index contributed by atoms with van der Waals surface area (Å²) in [5.74, 6) is -0.0955. The Kier molecular flexibility index (Phi) is 7.49. The molecule has 0 radical (unpaired) electrons. The minimum atomic E-state index is -0.987. The lowest BCUT2D eigenvalue weighted by atomic mass is 10.2. The monoisotopic (exact) mass is 391 g/mol. The number of benzene rings is 2. The fraction of sp³-hybridized carbons (Fsp3) is 0.300. The maximum Gasteiger partial charge on any atom is 0.339 e. The summed E-state index contributed by atoms with van der Waals surface area (Å²) < 4.78 is 16.2. The molecule has 6 nitrogen and oxygen atoms in total. The Morgan fingerprint density at radius 2 is 1.74 bits per heavy atom. The molecular formula is C20H22ClNO5. The summed E-state index contributed by atoms with van der Waals surface area (Å²) in [6.07, 6.45) is -0.987. The number of amides is 1. The van der Waals surface area contributed by atoms with Crippen molar-refractivity contribution in [1.82, 2.24) is 0 Å². The molecule has 0 bridgehead atoms. The highest BCUT2D eigenvalue weighted by Gasteiger charge is 2.20. The maximum atomic E-state index is 12.4. The molecule has 0 fully saturated rings. The Balaban J connectivity index is 2.04. The second-order valence-corrected chi connectivity index (χ2v) is 6.01. The molecule has 0 saturated carbocycles. The number of halogens is 1. The number of nitrogens with one attached hydrogen (secondary N) is 1. The fourth-order valence-corrected chi connectivity index (χ4v) is 2.46. The molecule has 0 saturated heterocycles. The van der Waals surface area contributed by atoms with E-state index in [4.69, 9.17) is 25.8 Å². The third-order valence-corrected chi connectivity index (χ3v) is 3.76. The van der Waals surface area contributed by atoms with Crippen LogP contribution in [0.1, 0.15) is 31.1 Å². The van der Waals surface area contributed by atoms with Gasteiger partial charge in [0.15, 0.2) is 17.6 Å². The van der Waals surface area contributed by atoms with Gasteiger partial charge in [0.1, 0.15) is 0 Å². The molecule has 0 heterocycles. The Labute approximate surface area is 163 Å². The summed E-state index contributed by atoms with van der Waals surface area (Å²) in [5.41, 5.74) is 0.791. The predicted molar refractivity (Wildman–Crippen MR) is 104 cm³/mol. The first-order valence-corrected chi connectivity index (χ1v) is 8.99. The number of anilines is 1. The molecule has 2 rings (SSSR count). The number of hydrogen-bond acceptors (Lipinski definition) is 5. The Morgan fingerprint density at radius 3 is 2.41 bits per heavy atom. The van der Waals surface area contributed by atoms with Crippen molar-refractivity contribution in [1.29, 1.82) is 0 Å². The van der Waals surface area contributed by atoms with Crippen LogP contribution in [0.2, 0.25) is 5.02 Å². The van der Waals surface area contributed by atoms with Gasteiger partial charge >= 0.3 is 5.97 Å². The van der Waals surface area contributed by atoms with Crippen LogP contribution >= 0.6 is 11.6 Å². The second kappa shape index (κ2) is 9.83. The third kappa shape index (κ3) is 5.89. The van der Waals surface area contributed by atoms with Gasteiger partial charge < -0.3 is 19.5 Å². The van der Waals surface area contributed by atoms with Crippen LogP contribution in [-0.4, -0.2) is 31.2 Å². The van der Waals surface area contributed by atoms with Crippen molar-refractivity contribution in [2.24, 2.45) is 0 Å². The lowest BCUT2D eigenvalue weighted by Gasteiger charge is -2.15. The van der Waals surface area contributed by atoms with Gasteiger partial charge in [-0.15, -0.1) is 0 Å². The molecule has 1 unspecified atom stereocenters. The van der Waals surface area contributed by atoms with E-state index in [-0.39, 0.29) is 5.56 Å². The van der Waals surface area contributed by atoms with Crippen LogP contribution in [0, 0.1) is 0 Å². The summed E-state index contributed by atoms with van der Waals surface area (Å²) >= 11 is 5.89. The zero-order chi connectivity index (χ0) is 19.8. The van der Waals surface area contributed by atoms with Crippen molar-refractivity contribution in [2.45, 2.75) is 26.9 Å². The number of carbonyl (C=O) groups excluding carboxylic acids is 2. The molecule has 7 heteroatoms. The molecule has 1 N–H and O–H groups in total. The number of esters is 1. The van der Waals surface area contributed by atoms with Gasteiger partial charge in [-0.05, 0) is 57.2 Å². The van der Waals surface area contributed by atoms with Crippen LogP contribution in [0.25, 0.3) is 0 Å². The average molecular weight is 392 g/mol. The van der Waals surface area contributed by atoms with Crippen molar-refractivity contribution < 1.29 is 23.8 Å². The number of ether oxygens (including phenoxy) is 3. The SMILES string of the molecule is CCOc1ccc(C(=O)OC(C)C(=O)Nc2cccc(Cl)c2)cc1OCC. The van der Waals surface area contributed by atoms with E-state index in [1.54, 1.807) is 42.5 Å². The second-order valence-electron chi connectivity index (χ2n) is 5.57. The van der Waals surface area contributed by atoms with E-state index >= 15 is 0 Å². The van der Waals surface area contributed by atoms with Crippen molar-refractivity contribution in [3.63, 3.8) is 0 Å². The van der Waals surface area contributed by atoms with E-state index < -0.39 is 18.0 Å². The molecule has 144 valence electrons. The molecule has 0 aliphatic rings. The van der Waals surface area contributed by atoms with Crippen molar-refractivity contribution in [3.8, 4) is 11.5 Å². The smallest absolute Gasteiger partial charge is 0.339 e. The van der Waals surface area contributed by atoms with Gasteiger partial charge in [0.2, 0.25) is 0 Å². The van der Waals surface area contributed by atoms with Crippen LogP contribution < -0.4 is 14.8 Å². The Hall–Kier alpha value is -2.73. The quantitative estimate of drug-likeness (QED) is 0.678. The zero-order valence-electron chi connectivity index (χ0n) is 15.5. The van der Waals surface area contributed by atoms with Crippen LogP contribution in [0.5, 0.6) is 11.5 Å². The summed E-state index contributed by atoms with van der Waals surface area (Å²) in [6.45, 7) is 6.10. The summed E-state index contributed by atoms with van der Waals surface area (Å²) in [7, 11) is 0. The Morgan fingerprint density at radius 1 is 1.04 bits per heavy atom. The van der Waals surface area contributed by atoms with E-state index in [0.717, 1.165) is 0 Å². The van der Waals surface area contributed by atoms with E-state index in [0.29, 0.717) is 35.4 Å². The molecular weight excluding hydrogens is 370 g/mol. The molecule has 1 amide bonds. The number of hydrogen-bond donors (Lipinski definition) is 1. The number of carbonyl (C=O) groups is 2. The van der Waals surface area contributed by atoms with Gasteiger partial charge in [0.05, 0.1) is 18.8 Å². The fourth-order valence-electron chi connectivity index (χ4n) is 2.27. The van der Waals surface area contributed by atoms with Gasteiger partial charge in [-0.3, -0.25) is 4.79 Å². The third-order valence-electron chi connectivity index (χ3n) is 3.52.